The minimum atomic E-state index is 0.105. The Labute approximate surface area is 125 Å². The van der Waals surface area contributed by atoms with Crippen molar-refractivity contribution in [1.29, 1.82) is 0 Å². The molecule has 2 aromatic carbocycles. The maximum atomic E-state index is 9.53. The zero-order valence-corrected chi connectivity index (χ0v) is 12.1. The van der Waals surface area contributed by atoms with E-state index in [1.54, 1.807) is 35.8 Å². The van der Waals surface area contributed by atoms with E-state index < -0.39 is 0 Å². The van der Waals surface area contributed by atoms with Gasteiger partial charge < -0.3 is 9.84 Å². The van der Waals surface area contributed by atoms with Crippen molar-refractivity contribution in [3.05, 3.63) is 48.0 Å². The molecule has 0 unspecified atom stereocenters. The Bertz CT molecular complexity index is 765. The second kappa shape index (κ2) is 5.80. The van der Waals surface area contributed by atoms with Crippen molar-refractivity contribution in [3.8, 4) is 11.5 Å². The van der Waals surface area contributed by atoms with Crippen molar-refractivity contribution in [3.63, 3.8) is 0 Å². The van der Waals surface area contributed by atoms with E-state index in [1.165, 1.54) is 7.11 Å². The van der Waals surface area contributed by atoms with Gasteiger partial charge in [-0.25, -0.2) is 4.98 Å². The topological polar surface area (TPSA) is 66.7 Å². The number of hydrogen-bond acceptors (Lipinski definition) is 6. The molecule has 0 aliphatic rings. The van der Waals surface area contributed by atoms with Crippen LogP contribution in [0.5, 0.6) is 11.5 Å². The summed E-state index contributed by atoms with van der Waals surface area (Å²) in [7, 11) is 1.51. The fourth-order valence-electron chi connectivity index (χ4n) is 1.86. The number of para-hydroxylation sites is 1. The molecule has 0 atom stereocenters. The average Bonchev–Trinajstić information content (AvgIpc) is 2.91. The normalized spacial score (nSPS) is 11.1. The summed E-state index contributed by atoms with van der Waals surface area (Å²) in [4.78, 5) is 4.42. The van der Waals surface area contributed by atoms with Gasteiger partial charge in [0, 0.05) is 0 Å². The van der Waals surface area contributed by atoms with E-state index in [0.717, 1.165) is 20.9 Å². The Kier molecular flexibility index (Phi) is 3.70. The number of nitrogens with zero attached hydrogens (tertiary/aromatic N) is 2. The lowest BCUT2D eigenvalue weighted by molar-refractivity contribution is 0.373. The minimum absolute atomic E-state index is 0.105. The molecule has 21 heavy (non-hydrogen) atoms. The molecule has 0 spiro atoms. The third-order valence-corrected chi connectivity index (χ3v) is 3.81. The Morgan fingerprint density at radius 2 is 2.14 bits per heavy atom. The first-order valence-corrected chi connectivity index (χ1v) is 7.09. The number of aromatic nitrogens is 1. The molecular formula is C15H13N3O2S. The molecule has 0 bridgehead atoms. The van der Waals surface area contributed by atoms with Crippen molar-refractivity contribution in [2.45, 2.75) is 0 Å². The standard InChI is InChI=1S/C15H13N3O2S/c1-20-13-8-10(6-7-12(13)19)9-16-18-15-17-11-4-2-3-5-14(11)21-15/h2-9,19H,1H3,(H,17,18)/b16-9+. The summed E-state index contributed by atoms with van der Waals surface area (Å²) >= 11 is 1.54. The van der Waals surface area contributed by atoms with Crippen LogP contribution < -0.4 is 10.2 Å². The molecule has 2 N–H and O–H groups in total. The summed E-state index contributed by atoms with van der Waals surface area (Å²) in [6.45, 7) is 0. The van der Waals surface area contributed by atoms with Gasteiger partial charge in [0.1, 0.15) is 0 Å². The van der Waals surface area contributed by atoms with Crippen molar-refractivity contribution < 1.29 is 9.84 Å². The summed E-state index contributed by atoms with van der Waals surface area (Å²) in [6, 6.07) is 12.9. The van der Waals surface area contributed by atoms with E-state index in [2.05, 4.69) is 15.5 Å². The van der Waals surface area contributed by atoms with Crippen LogP contribution in [0.3, 0.4) is 0 Å². The Hall–Kier alpha value is -2.60. The van der Waals surface area contributed by atoms with Crippen molar-refractivity contribution in [1.82, 2.24) is 4.98 Å². The first-order chi connectivity index (χ1) is 10.3. The first kappa shape index (κ1) is 13.4. The quantitative estimate of drug-likeness (QED) is 0.572. The van der Waals surface area contributed by atoms with Gasteiger partial charge in [-0.15, -0.1) is 0 Å². The third-order valence-electron chi connectivity index (χ3n) is 2.87. The largest absolute Gasteiger partial charge is 0.504 e. The van der Waals surface area contributed by atoms with Gasteiger partial charge >= 0.3 is 0 Å². The van der Waals surface area contributed by atoms with Gasteiger partial charge in [0.15, 0.2) is 11.5 Å². The molecule has 0 saturated carbocycles. The molecule has 6 heteroatoms. The number of phenolic OH excluding ortho intramolecular Hbond substituents is 1. The maximum Gasteiger partial charge on any atom is 0.204 e. The lowest BCUT2D eigenvalue weighted by Crippen LogP contribution is -1.91. The van der Waals surface area contributed by atoms with E-state index >= 15 is 0 Å². The molecule has 5 nitrogen and oxygen atoms in total. The maximum absolute atomic E-state index is 9.53. The monoisotopic (exact) mass is 299 g/mol. The predicted molar refractivity (Wildman–Crippen MR) is 85.5 cm³/mol. The van der Waals surface area contributed by atoms with Gasteiger partial charge in [-0.2, -0.15) is 5.10 Å². The molecule has 0 aliphatic carbocycles. The number of methoxy groups -OCH3 is 1. The fraction of sp³-hybridized carbons (Fsp3) is 0.0667. The highest BCUT2D eigenvalue weighted by atomic mass is 32.1. The number of aromatic hydroxyl groups is 1. The minimum Gasteiger partial charge on any atom is -0.504 e. The van der Waals surface area contributed by atoms with E-state index in [-0.39, 0.29) is 5.75 Å². The molecule has 0 saturated heterocycles. The molecule has 1 aromatic heterocycles. The van der Waals surface area contributed by atoms with E-state index in [0.29, 0.717) is 5.75 Å². The van der Waals surface area contributed by atoms with Gasteiger partial charge in [0.25, 0.3) is 0 Å². The summed E-state index contributed by atoms with van der Waals surface area (Å²) in [6.07, 6.45) is 1.65. The summed E-state index contributed by atoms with van der Waals surface area (Å²) in [5, 5.41) is 14.4. The molecule has 106 valence electrons. The van der Waals surface area contributed by atoms with Crippen molar-refractivity contribution >= 4 is 32.9 Å². The Morgan fingerprint density at radius 3 is 2.95 bits per heavy atom. The van der Waals surface area contributed by atoms with Crippen LogP contribution in [0.25, 0.3) is 10.2 Å². The second-order valence-electron chi connectivity index (χ2n) is 4.29. The summed E-state index contributed by atoms with van der Waals surface area (Å²) in [5.41, 5.74) is 4.68. The molecule has 0 radical (unpaired) electrons. The molecule has 3 aromatic rings. The number of benzene rings is 2. The molecule has 0 amide bonds. The number of nitrogens with one attached hydrogen (secondary N) is 1. The second-order valence-corrected chi connectivity index (χ2v) is 5.32. The number of anilines is 1. The Balaban J connectivity index is 1.74. The predicted octanol–water partition coefficient (Wildman–Crippen LogP) is 3.46. The zero-order valence-electron chi connectivity index (χ0n) is 11.3. The Morgan fingerprint density at radius 1 is 1.29 bits per heavy atom. The number of rotatable bonds is 4. The van der Waals surface area contributed by atoms with Crippen LogP contribution in [0.2, 0.25) is 0 Å². The van der Waals surface area contributed by atoms with Crippen LogP contribution >= 0.6 is 11.3 Å². The van der Waals surface area contributed by atoms with Gasteiger partial charge in [0.2, 0.25) is 5.13 Å². The average molecular weight is 299 g/mol. The number of phenols is 1. The highest BCUT2D eigenvalue weighted by Crippen LogP contribution is 2.26. The third kappa shape index (κ3) is 2.95. The van der Waals surface area contributed by atoms with Gasteiger partial charge in [-0.1, -0.05) is 23.5 Å². The molecule has 1 heterocycles. The van der Waals surface area contributed by atoms with Crippen molar-refractivity contribution in [2.24, 2.45) is 5.10 Å². The number of thiazole rings is 1. The van der Waals surface area contributed by atoms with Crippen LogP contribution in [0.15, 0.2) is 47.6 Å². The fourth-order valence-corrected chi connectivity index (χ4v) is 2.67. The highest BCUT2D eigenvalue weighted by molar-refractivity contribution is 7.22. The van der Waals surface area contributed by atoms with E-state index in [1.807, 2.05) is 24.3 Å². The summed E-state index contributed by atoms with van der Waals surface area (Å²) in [5.74, 6) is 0.521. The smallest absolute Gasteiger partial charge is 0.204 e. The molecule has 0 aliphatic heterocycles. The molecular weight excluding hydrogens is 286 g/mol. The number of fused-ring (bicyclic) bond motifs is 1. The van der Waals surface area contributed by atoms with Crippen LogP contribution in [0.1, 0.15) is 5.56 Å². The highest BCUT2D eigenvalue weighted by Gasteiger charge is 2.02. The van der Waals surface area contributed by atoms with Crippen LogP contribution in [-0.2, 0) is 0 Å². The van der Waals surface area contributed by atoms with Crippen LogP contribution in [-0.4, -0.2) is 23.4 Å². The lowest BCUT2D eigenvalue weighted by atomic mass is 10.2. The number of hydrazone groups is 1. The lowest BCUT2D eigenvalue weighted by Gasteiger charge is -2.03. The van der Waals surface area contributed by atoms with Gasteiger partial charge in [-0.3, -0.25) is 5.43 Å². The van der Waals surface area contributed by atoms with Gasteiger partial charge in [-0.05, 0) is 35.9 Å². The SMILES string of the molecule is COc1cc(/C=N/Nc2nc3ccccc3s2)ccc1O. The molecule has 0 fully saturated rings. The van der Waals surface area contributed by atoms with Crippen LogP contribution in [0, 0.1) is 0 Å². The van der Waals surface area contributed by atoms with Gasteiger partial charge in [0.05, 0.1) is 23.5 Å². The van der Waals surface area contributed by atoms with Crippen molar-refractivity contribution in [2.75, 3.05) is 12.5 Å². The van der Waals surface area contributed by atoms with E-state index in [4.69, 9.17) is 4.74 Å². The van der Waals surface area contributed by atoms with E-state index in [9.17, 15) is 5.11 Å². The van der Waals surface area contributed by atoms with Crippen LogP contribution in [0.4, 0.5) is 5.13 Å². The number of ether oxygens (including phenoxy) is 1. The summed E-state index contributed by atoms with van der Waals surface area (Å²) < 4.78 is 6.16. The first-order valence-electron chi connectivity index (χ1n) is 6.28. The zero-order chi connectivity index (χ0) is 14.7. The molecule has 3 rings (SSSR count). The number of hydrogen-bond donors (Lipinski definition) is 2.